The van der Waals surface area contributed by atoms with E-state index in [1.807, 2.05) is 0 Å². The van der Waals surface area contributed by atoms with E-state index in [9.17, 15) is 4.89 Å². The molecule has 0 rings (SSSR count). The first-order valence-corrected chi connectivity index (χ1v) is 3.41. The molecule has 1 atom stereocenters. The van der Waals surface area contributed by atoms with Gasteiger partial charge < -0.3 is 4.89 Å². The van der Waals surface area contributed by atoms with Gasteiger partial charge in [0.2, 0.25) is 0 Å². The molecular weight excluding hydrogens is 111 g/mol. The van der Waals surface area contributed by atoms with E-state index < -0.39 is 9.03 Å². The predicted octanol–water partition coefficient (Wildman–Crippen LogP) is 0.404. The third kappa shape index (κ3) is 6.35. The van der Waals surface area contributed by atoms with Crippen molar-refractivity contribution in [2.24, 2.45) is 0 Å². The van der Waals surface area contributed by atoms with Crippen molar-refractivity contribution in [2.75, 3.05) is 6.61 Å². The van der Waals surface area contributed by atoms with Crippen molar-refractivity contribution >= 4 is 9.03 Å². The Morgan fingerprint density at radius 2 is 2.43 bits per heavy atom. The highest BCUT2D eigenvalue weighted by Gasteiger charge is 1.80. The van der Waals surface area contributed by atoms with Crippen LogP contribution in [0.15, 0.2) is 0 Å². The third-order valence-electron chi connectivity index (χ3n) is 0.684. The lowest BCUT2D eigenvalue weighted by Crippen LogP contribution is -1.88. The van der Waals surface area contributed by atoms with E-state index in [0.717, 1.165) is 12.8 Å². The van der Waals surface area contributed by atoms with Gasteiger partial charge in [-0.25, -0.2) is 4.52 Å². The molecular formula is C4H11O2P. The second kappa shape index (κ2) is 6.35. The first-order valence-electron chi connectivity index (χ1n) is 2.47. The van der Waals surface area contributed by atoms with Gasteiger partial charge >= 0.3 is 0 Å². The summed E-state index contributed by atoms with van der Waals surface area (Å²) in [7, 11) is -0.969. The highest BCUT2D eigenvalue weighted by atomic mass is 31.1. The molecule has 7 heavy (non-hydrogen) atoms. The largest absolute Gasteiger partial charge is 0.659 e. The van der Waals surface area contributed by atoms with E-state index >= 15 is 0 Å². The Morgan fingerprint density at radius 3 is 2.86 bits per heavy atom. The van der Waals surface area contributed by atoms with Crippen LogP contribution in [0.25, 0.3) is 0 Å². The van der Waals surface area contributed by atoms with Gasteiger partial charge in [-0.05, 0) is 6.42 Å². The summed E-state index contributed by atoms with van der Waals surface area (Å²) in [5.74, 6) is 0. The molecule has 0 aliphatic rings. The SMILES string of the molecule is CCCCO[PH2+][O-]. The molecule has 44 valence electrons. The van der Waals surface area contributed by atoms with Crippen LogP contribution in [0, 0.1) is 0 Å². The van der Waals surface area contributed by atoms with Crippen molar-refractivity contribution in [3.05, 3.63) is 0 Å². The van der Waals surface area contributed by atoms with Crippen LogP contribution in [0.2, 0.25) is 0 Å². The summed E-state index contributed by atoms with van der Waals surface area (Å²) in [5.41, 5.74) is 0. The summed E-state index contributed by atoms with van der Waals surface area (Å²) in [6, 6.07) is 0. The maximum Gasteiger partial charge on any atom is 0.0895 e. The summed E-state index contributed by atoms with van der Waals surface area (Å²) < 4.78 is 4.60. The first kappa shape index (κ1) is 7.35. The molecule has 0 N–H and O–H groups in total. The Bertz CT molecular complexity index is 28.9. The molecule has 0 heterocycles. The Labute approximate surface area is 45.8 Å². The van der Waals surface area contributed by atoms with Crippen molar-refractivity contribution in [1.82, 2.24) is 0 Å². The van der Waals surface area contributed by atoms with Crippen LogP contribution < -0.4 is 4.89 Å². The molecule has 0 aromatic heterocycles. The van der Waals surface area contributed by atoms with Crippen LogP contribution in [-0.2, 0) is 4.52 Å². The smallest absolute Gasteiger partial charge is 0.0895 e. The minimum atomic E-state index is -0.969. The minimum absolute atomic E-state index is 0.662. The van der Waals surface area contributed by atoms with Gasteiger partial charge in [0.15, 0.2) is 0 Å². The standard InChI is InChI=1S/C4H11O2P/c1-2-3-4-6-7-5/h2-4,7H2,1H3. The highest BCUT2D eigenvalue weighted by Crippen LogP contribution is 1.98. The quantitative estimate of drug-likeness (QED) is 0.399. The van der Waals surface area contributed by atoms with Crippen molar-refractivity contribution in [1.29, 1.82) is 0 Å². The number of hydrogen-bond donors (Lipinski definition) is 0. The van der Waals surface area contributed by atoms with Gasteiger partial charge in [-0.2, -0.15) is 0 Å². The van der Waals surface area contributed by atoms with E-state index in [2.05, 4.69) is 11.4 Å². The van der Waals surface area contributed by atoms with Crippen LogP contribution in [0.5, 0.6) is 0 Å². The van der Waals surface area contributed by atoms with Crippen molar-refractivity contribution in [3.8, 4) is 0 Å². The van der Waals surface area contributed by atoms with Crippen molar-refractivity contribution in [2.45, 2.75) is 19.8 Å². The maximum atomic E-state index is 9.67. The molecule has 3 heteroatoms. The summed E-state index contributed by atoms with van der Waals surface area (Å²) in [4.78, 5) is 9.67. The Hall–Kier alpha value is 0.350. The molecule has 0 saturated heterocycles. The molecule has 0 fully saturated rings. The summed E-state index contributed by atoms with van der Waals surface area (Å²) in [6.45, 7) is 2.73. The molecule has 1 unspecified atom stereocenters. The molecule has 0 radical (unpaired) electrons. The van der Waals surface area contributed by atoms with Gasteiger partial charge in [-0.1, -0.05) is 13.3 Å². The number of unbranched alkanes of at least 4 members (excludes halogenated alkanes) is 1. The summed E-state index contributed by atoms with van der Waals surface area (Å²) >= 11 is 0. The van der Waals surface area contributed by atoms with Crippen LogP contribution in [0.3, 0.4) is 0 Å². The summed E-state index contributed by atoms with van der Waals surface area (Å²) in [5, 5.41) is 0. The lowest BCUT2D eigenvalue weighted by Gasteiger charge is -1.93. The molecule has 0 aliphatic heterocycles. The van der Waals surface area contributed by atoms with Gasteiger partial charge in [0.05, 0.1) is 15.6 Å². The van der Waals surface area contributed by atoms with Gasteiger partial charge in [0.25, 0.3) is 0 Å². The Balaban J connectivity index is 2.45. The van der Waals surface area contributed by atoms with E-state index in [-0.39, 0.29) is 0 Å². The summed E-state index contributed by atoms with van der Waals surface area (Å²) in [6.07, 6.45) is 2.13. The minimum Gasteiger partial charge on any atom is -0.659 e. The van der Waals surface area contributed by atoms with E-state index in [1.54, 1.807) is 0 Å². The molecule has 0 bridgehead atoms. The zero-order valence-electron chi connectivity index (χ0n) is 4.52. The topological polar surface area (TPSA) is 32.3 Å². The van der Waals surface area contributed by atoms with Crippen molar-refractivity contribution in [3.63, 3.8) is 0 Å². The second-order valence-corrected chi connectivity index (χ2v) is 1.85. The molecule has 0 spiro atoms. The fourth-order valence-electron chi connectivity index (χ4n) is 0.276. The van der Waals surface area contributed by atoms with Gasteiger partial charge in [-0.3, -0.25) is 0 Å². The zero-order valence-corrected chi connectivity index (χ0v) is 5.67. The van der Waals surface area contributed by atoms with Gasteiger partial charge in [0.1, 0.15) is 0 Å². The van der Waals surface area contributed by atoms with Crippen LogP contribution in [0.1, 0.15) is 19.8 Å². The van der Waals surface area contributed by atoms with E-state index in [0.29, 0.717) is 6.61 Å². The average molecular weight is 122 g/mol. The Kier molecular flexibility index (Phi) is 6.67. The zero-order chi connectivity index (χ0) is 5.54. The molecule has 0 amide bonds. The lowest BCUT2D eigenvalue weighted by molar-refractivity contribution is -0.169. The molecule has 0 aliphatic carbocycles. The first-order chi connectivity index (χ1) is 3.41. The van der Waals surface area contributed by atoms with E-state index in [1.165, 1.54) is 0 Å². The van der Waals surface area contributed by atoms with Crippen LogP contribution in [0.4, 0.5) is 0 Å². The monoisotopic (exact) mass is 122 g/mol. The van der Waals surface area contributed by atoms with Crippen LogP contribution in [-0.4, -0.2) is 6.61 Å². The molecule has 0 saturated carbocycles. The van der Waals surface area contributed by atoms with Gasteiger partial charge in [0, 0.05) is 0 Å². The van der Waals surface area contributed by atoms with Crippen molar-refractivity contribution < 1.29 is 9.42 Å². The number of hydrogen-bond acceptors (Lipinski definition) is 2. The Morgan fingerprint density at radius 1 is 1.71 bits per heavy atom. The third-order valence-corrected chi connectivity index (χ3v) is 1.06. The second-order valence-electron chi connectivity index (χ2n) is 1.32. The fourth-order valence-corrected chi connectivity index (χ4v) is 0.539. The van der Waals surface area contributed by atoms with E-state index in [4.69, 9.17) is 0 Å². The van der Waals surface area contributed by atoms with Crippen LogP contribution >= 0.6 is 9.03 Å². The predicted molar refractivity (Wildman–Crippen MR) is 30.6 cm³/mol. The molecule has 2 nitrogen and oxygen atoms in total. The normalized spacial score (nSPS) is 11.1. The maximum absolute atomic E-state index is 9.67. The molecule has 0 aromatic rings. The highest BCUT2D eigenvalue weighted by molar-refractivity contribution is 7.23. The van der Waals surface area contributed by atoms with Gasteiger partial charge in [-0.15, -0.1) is 0 Å². The molecule has 0 aromatic carbocycles. The number of rotatable bonds is 4. The fraction of sp³-hybridized carbons (Fsp3) is 1.00. The lowest BCUT2D eigenvalue weighted by atomic mass is 10.4. The average Bonchev–Trinajstić information content (AvgIpc) is 1.69.